The fourth-order valence-corrected chi connectivity index (χ4v) is 5.61. The molecule has 1 aromatic heterocycles. The molecule has 4 fully saturated rings. The third kappa shape index (κ3) is 1.25. The Bertz CT molecular complexity index is 386. The Morgan fingerprint density at radius 3 is 2.06 bits per heavy atom. The molecule has 4 saturated carbocycles. The van der Waals surface area contributed by atoms with E-state index >= 15 is 0 Å². The van der Waals surface area contributed by atoms with Crippen LogP contribution in [0.25, 0.3) is 0 Å². The molecule has 0 aromatic carbocycles. The summed E-state index contributed by atoms with van der Waals surface area (Å²) in [6.45, 7) is 0. The number of nitrogens with two attached hydrogens (primary N) is 1. The summed E-state index contributed by atoms with van der Waals surface area (Å²) in [6.07, 6.45) is 7.28. The van der Waals surface area contributed by atoms with Crippen LogP contribution in [-0.2, 0) is 0 Å². The minimum Gasteiger partial charge on any atom is -0.374 e. The van der Waals surface area contributed by atoms with Gasteiger partial charge in [-0.3, -0.25) is 0 Å². The van der Waals surface area contributed by atoms with Gasteiger partial charge in [-0.2, -0.15) is 0 Å². The highest BCUT2D eigenvalue weighted by Gasteiger charge is 2.49. The predicted molar refractivity (Wildman–Crippen MR) is 64.1 cm³/mol. The molecule has 0 radical (unpaired) electrons. The van der Waals surface area contributed by atoms with Crippen molar-refractivity contribution in [2.75, 3.05) is 5.73 Å². The molecule has 86 valence electrons. The lowest BCUT2D eigenvalue weighted by Crippen LogP contribution is -2.43. The maximum atomic E-state index is 5.72. The summed E-state index contributed by atoms with van der Waals surface area (Å²) in [6, 6.07) is 0. The van der Waals surface area contributed by atoms with Crippen LogP contribution in [-0.4, -0.2) is 10.2 Å². The summed E-state index contributed by atoms with van der Waals surface area (Å²) in [5.41, 5.74) is 5.72. The zero-order valence-electron chi connectivity index (χ0n) is 9.30. The average molecular weight is 235 g/mol. The standard InChI is InChI=1S/C12H17N3S/c13-12-15-14-11(16-12)10-8-2-6-1-7(4-8)5-9(10)3-6/h6-10H,1-5H2,(H2,13,15). The van der Waals surface area contributed by atoms with E-state index in [-0.39, 0.29) is 0 Å². The smallest absolute Gasteiger partial charge is 0.203 e. The maximum Gasteiger partial charge on any atom is 0.203 e. The summed E-state index contributed by atoms with van der Waals surface area (Å²) < 4.78 is 0. The number of anilines is 1. The summed E-state index contributed by atoms with van der Waals surface area (Å²) in [7, 11) is 0. The Labute approximate surface area is 99.5 Å². The molecule has 5 rings (SSSR count). The van der Waals surface area contributed by atoms with Crippen molar-refractivity contribution in [1.29, 1.82) is 0 Å². The van der Waals surface area contributed by atoms with Gasteiger partial charge >= 0.3 is 0 Å². The predicted octanol–water partition coefficient (Wildman–Crippen LogP) is 2.66. The van der Waals surface area contributed by atoms with Crippen molar-refractivity contribution in [3.05, 3.63) is 5.01 Å². The first-order chi connectivity index (χ1) is 7.79. The first kappa shape index (κ1) is 9.40. The second kappa shape index (κ2) is 3.19. The van der Waals surface area contributed by atoms with Crippen molar-refractivity contribution in [3.63, 3.8) is 0 Å². The fourth-order valence-electron chi connectivity index (χ4n) is 4.71. The van der Waals surface area contributed by atoms with E-state index in [9.17, 15) is 0 Å². The number of nitrogens with zero attached hydrogens (tertiary/aromatic N) is 2. The fraction of sp³-hybridized carbons (Fsp3) is 0.833. The molecule has 2 N–H and O–H groups in total. The van der Waals surface area contributed by atoms with Gasteiger partial charge in [-0.05, 0) is 55.8 Å². The second-order valence-electron chi connectivity index (χ2n) is 5.94. The van der Waals surface area contributed by atoms with Gasteiger partial charge in [0.1, 0.15) is 5.01 Å². The molecular formula is C12H17N3S. The van der Waals surface area contributed by atoms with Crippen LogP contribution in [0.3, 0.4) is 0 Å². The van der Waals surface area contributed by atoms with E-state index in [1.165, 1.54) is 37.1 Å². The number of aromatic nitrogens is 2. The van der Waals surface area contributed by atoms with Crippen LogP contribution in [0.4, 0.5) is 5.13 Å². The first-order valence-corrected chi connectivity index (χ1v) is 7.20. The lowest BCUT2D eigenvalue weighted by molar-refractivity contribution is -0.00303. The molecule has 16 heavy (non-hydrogen) atoms. The summed E-state index contributed by atoms with van der Waals surface area (Å²) in [4.78, 5) is 0. The minimum absolute atomic E-state index is 0.642. The largest absolute Gasteiger partial charge is 0.374 e. The number of hydrogen-bond acceptors (Lipinski definition) is 4. The van der Waals surface area contributed by atoms with Gasteiger partial charge in [-0.15, -0.1) is 10.2 Å². The highest BCUT2D eigenvalue weighted by Crippen LogP contribution is 2.60. The van der Waals surface area contributed by atoms with Gasteiger partial charge in [0.15, 0.2) is 0 Å². The maximum absolute atomic E-state index is 5.72. The monoisotopic (exact) mass is 235 g/mol. The van der Waals surface area contributed by atoms with Gasteiger partial charge in [0.05, 0.1) is 0 Å². The van der Waals surface area contributed by atoms with Crippen LogP contribution in [0.15, 0.2) is 0 Å². The Morgan fingerprint density at radius 2 is 1.56 bits per heavy atom. The van der Waals surface area contributed by atoms with Crippen molar-refractivity contribution in [1.82, 2.24) is 10.2 Å². The van der Waals surface area contributed by atoms with Crippen LogP contribution in [0.1, 0.15) is 43.0 Å². The minimum atomic E-state index is 0.642. The first-order valence-electron chi connectivity index (χ1n) is 6.38. The molecule has 4 bridgehead atoms. The Morgan fingerprint density at radius 1 is 0.938 bits per heavy atom. The molecule has 0 amide bonds. The lowest BCUT2D eigenvalue weighted by atomic mass is 9.52. The van der Waals surface area contributed by atoms with Crippen LogP contribution < -0.4 is 5.73 Å². The van der Waals surface area contributed by atoms with Gasteiger partial charge < -0.3 is 5.73 Å². The summed E-state index contributed by atoms with van der Waals surface area (Å²) in [5.74, 6) is 4.54. The third-order valence-electron chi connectivity index (χ3n) is 4.97. The molecule has 4 heteroatoms. The van der Waals surface area contributed by atoms with Crippen molar-refractivity contribution in [2.45, 2.75) is 38.0 Å². The van der Waals surface area contributed by atoms with E-state index in [2.05, 4.69) is 10.2 Å². The van der Waals surface area contributed by atoms with Gasteiger partial charge in [0.2, 0.25) is 5.13 Å². The molecule has 1 heterocycles. The van der Waals surface area contributed by atoms with E-state index in [4.69, 9.17) is 5.73 Å². The molecule has 0 aliphatic heterocycles. The summed E-state index contributed by atoms with van der Waals surface area (Å²) in [5, 5.41) is 10.2. The molecule has 0 saturated heterocycles. The quantitative estimate of drug-likeness (QED) is 0.814. The van der Waals surface area contributed by atoms with E-state index in [0.717, 1.165) is 23.7 Å². The van der Waals surface area contributed by atoms with E-state index in [1.807, 2.05) is 0 Å². The average Bonchev–Trinajstić information content (AvgIpc) is 2.63. The molecule has 3 nitrogen and oxygen atoms in total. The molecule has 4 aliphatic rings. The van der Waals surface area contributed by atoms with E-state index in [1.54, 1.807) is 11.3 Å². The Balaban J connectivity index is 1.69. The van der Waals surface area contributed by atoms with Crippen LogP contribution in [0.5, 0.6) is 0 Å². The lowest BCUT2D eigenvalue weighted by Gasteiger charge is -2.53. The Hall–Kier alpha value is -0.640. The van der Waals surface area contributed by atoms with E-state index < -0.39 is 0 Å². The molecule has 1 aromatic rings. The van der Waals surface area contributed by atoms with Gasteiger partial charge in [0.25, 0.3) is 0 Å². The zero-order chi connectivity index (χ0) is 10.7. The highest BCUT2D eigenvalue weighted by molar-refractivity contribution is 7.15. The van der Waals surface area contributed by atoms with Crippen molar-refractivity contribution >= 4 is 16.5 Å². The Kier molecular flexibility index (Phi) is 1.87. The van der Waals surface area contributed by atoms with Gasteiger partial charge in [-0.1, -0.05) is 11.3 Å². The van der Waals surface area contributed by atoms with Crippen molar-refractivity contribution in [2.24, 2.45) is 23.7 Å². The van der Waals surface area contributed by atoms with Crippen molar-refractivity contribution in [3.8, 4) is 0 Å². The second-order valence-corrected chi connectivity index (χ2v) is 6.98. The zero-order valence-corrected chi connectivity index (χ0v) is 10.1. The van der Waals surface area contributed by atoms with Gasteiger partial charge in [0, 0.05) is 5.92 Å². The molecular weight excluding hydrogens is 218 g/mol. The van der Waals surface area contributed by atoms with Gasteiger partial charge in [-0.25, -0.2) is 0 Å². The van der Waals surface area contributed by atoms with Crippen LogP contribution in [0.2, 0.25) is 0 Å². The summed E-state index contributed by atoms with van der Waals surface area (Å²) >= 11 is 1.62. The number of nitrogen functional groups attached to an aromatic ring is 1. The van der Waals surface area contributed by atoms with Crippen LogP contribution >= 0.6 is 11.3 Å². The topological polar surface area (TPSA) is 51.8 Å². The highest BCUT2D eigenvalue weighted by atomic mass is 32.1. The molecule has 0 unspecified atom stereocenters. The number of hydrogen-bond donors (Lipinski definition) is 1. The normalized spacial score (nSPS) is 45.1. The third-order valence-corrected chi connectivity index (χ3v) is 5.82. The van der Waals surface area contributed by atoms with Crippen molar-refractivity contribution < 1.29 is 0 Å². The van der Waals surface area contributed by atoms with Crippen LogP contribution in [0, 0.1) is 23.7 Å². The SMILES string of the molecule is Nc1nnc(C2C3CC4CC(C3)CC2C4)s1. The molecule has 0 atom stereocenters. The number of rotatable bonds is 1. The molecule has 4 aliphatic carbocycles. The molecule has 0 spiro atoms. The van der Waals surface area contributed by atoms with E-state index in [0.29, 0.717) is 11.0 Å².